The Bertz CT molecular complexity index is 1320. The van der Waals surface area contributed by atoms with E-state index in [1.807, 2.05) is 0 Å². The summed E-state index contributed by atoms with van der Waals surface area (Å²) in [7, 11) is 0. The number of phenols is 1. The van der Waals surface area contributed by atoms with Gasteiger partial charge in [-0.2, -0.15) is 0 Å². The molecule has 0 aliphatic carbocycles. The Balaban J connectivity index is 1.50. The highest BCUT2D eigenvalue weighted by Crippen LogP contribution is 2.34. The van der Waals surface area contributed by atoms with E-state index in [0.29, 0.717) is 33.2 Å². The van der Waals surface area contributed by atoms with Gasteiger partial charge in [-0.05, 0) is 61.0 Å². The lowest BCUT2D eigenvalue weighted by Gasteiger charge is -2.18. The highest BCUT2D eigenvalue weighted by Gasteiger charge is 2.39. The monoisotopic (exact) mass is 481 g/mol. The number of carbonyl (C=O) groups excluding carboxylic acids is 3. The highest BCUT2D eigenvalue weighted by molar-refractivity contribution is 6.53. The van der Waals surface area contributed by atoms with Crippen molar-refractivity contribution in [2.45, 2.75) is 6.92 Å². The van der Waals surface area contributed by atoms with Crippen molar-refractivity contribution in [3.05, 3.63) is 93.6 Å². The summed E-state index contributed by atoms with van der Waals surface area (Å²) in [6.07, 6.45) is 0. The van der Waals surface area contributed by atoms with Crippen molar-refractivity contribution in [3.8, 4) is 5.75 Å². The van der Waals surface area contributed by atoms with E-state index in [0.717, 1.165) is 4.90 Å². The van der Waals surface area contributed by atoms with Gasteiger partial charge in [0.15, 0.2) is 0 Å². The van der Waals surface area contributed by atoms with Crippen LogP contribution in [0.15, 0.2) is 77.5 Å². The van der Waals surface area contributed by atoms with E-state index in [1.54, 1.807) is 61.5 Å². The molecule has 0 radical (unpaired) electrons. The maximum Gasteiger partial charge on any atom is 0.283 e. The van der Waals surface area contributed by atoms with Gasteiger partial charge in [-0.15, -0.1) is 0 Å². The molecule has 33 heavy (non-hydrogen) atoms. The predicted molar refractivity (Wildman–Crippen MR) is 128 cm³/mol. The number of phenolic OH excluding ortho intramolecular Hbond substituents is 1. The zero-order valence-corrected chi connectivity index (χ0v) is 18.7. The molecule has 9 heteroatoms. The van der Waals surface area contributed by atoms with Crippen molar-refractivity contribution in [2.75, 3.05) is 15.5 Å². The number of hydrogen-bond donors (Lipinski definition) is 3. The Kier molecular flexibility index (Phi) is 6.09. The van der Waals surface area contributed by atoms with Gasteiger partial charge in [0.05, 0.1) is 5.69 Å². The first-order chi connectivity index (χ1) is 15.8. The largest absolute Gasteiger partial charge is 0.508 e. The SMILES string of the molecule is Cc1c(Cl)cccc1N1C(=O)C(Cl)=C(Nc2ccc(C(=O)Nc3cccc(O)c3)cc2)C1=O. The van der Waals surface area contributed by atoms with Crippen LogP contribution >= 0.6 is 23.2 Å². The zero-order chi connectivity index (χ0) is 23.7. The topological polar surface area (TPSA) is 98.7 Å². The van der Waals surface area contributed by atoms with E-state index < -0.39 is 11.8 Å². The molecule has 1 aliphatic heterocycles. The fraction of sp³-hybridized carbons (Fsp3) is 0.0417. The van der Waals surface area contributed by atoms with Crippen LogP contribution in [0, 0.1) is 6.92 Å². The van der Waals surface area contributed by atoms with Crippen LogP contribution in [0.1, 0.15) is 15.9 Å². The Morgan fingerprint density at radius 1 is 0.909 bits per heavy atom. The van der Waals surface area contributed by atoms with Crippen molar-refractivity contribution in [1.82, 2.24) is 0 Å². The second-order valence-electron chi connectivity index (χ2n) is 7.23. The molecule has 0 aromatic heterocycles. The van der Waals surface area contributed by atoms with Crippen LogP contribution in [-0.4, -0.2) is 22.8 Å². The average Bonchev–Trinajstić information content (AvgIpc) is 2.99. The summed E-state index contributed by atoms with van der Waals surface area (Å²) in [6, 6.07) is 17.4. The van der Waals surface area contributed by atoms with Crippen LogP contribution in [0.5, 0.6) is 5.75 Å². The number of amides is 3. The lowest BCUT2D eigenvalue weighted by molar-refractivity contribution is -0.120. The third-order valence-corrected chi connectivity index (χ3v) is 5.79. The second-order valence-corrected chi connectivity index (χ2v) is 8.01. The van der Waals surface area contributed by atoms with Gasteiger partial charge in [-0.1, -0.05) is 35.3 Å². The first-order valence-electron chi connectivity index (χ1n) is 9.77. The lowest BCUT2D eigenvalue weighted by atomic mass is 10.1. The van der Waals surface area contributed by atoms with E-state index >= 15 is 0 Å². The molecule has 166 valence electrons. The molecule has 3 aromatic rings. The molecule has 0 saturated heterocycles. The molecule has 0 bridgehead atoms. The van der Waals surface area contributed by atoms with Crippen LogP contribution in [0.4, 0.5) is 17.1 Å². The van der Waals surface area contributed by atoms with Crippen molar-refractivity contribution in [3.63, 3.8) is 0 Å². The quantitative estimate of drug-likeness (QED) is 0.443. The number of anilines is 3. The van der Waals surface area contributed by atoms with Crippen molar-refractivity contribution in [2.24, 2.45) is 0 Å². The fourth-order valence-corrected chi connectivity index (χ4v) is 3.69. The summed E-state index contributed by atoms with van der Waals surface area (Å²) >= 11 is 12.3. The number of halogens is 2. The second kappa shape index (κ2) is 8.97. The van der Waals surface area contributed by atoms with Crippen LogP contribution in [-0.2, 0) is 9.59 Å². The number of carbonyl (C=O) groups is 3. The molecule has 3 amide bonds. The predicted octanol–water partition coefficient (Wildman–Crippen LogP) is 5.04. The van der Waals surface area contributed by atoms with Crippen molar-refractivity contribution >= 4 is 58.0 Å². The number of nitrogens with one attached hydrogen (secondary N) is 2. The zero-order valence-electron chi connectivity index (χ0n) is 17.2. The Labute approximate surface area is 199 Å². The number of nitrogens with zero attached hydrogens (tertiary/aromatic N) is 1. The molecule has 1 heterocycles. The minimum absolute atomic E-state index is 0.0373. The first-order valence-corrected chi connectivity index (χ1v) is 10.5. The lowest BCUT2D eigenvalue weighted by Crippen LogP contribution is -2.32. The summed E-state index contributed by atoms with van der Waals surface area (Å²) in [5, 5.41) is 15.2. The first kappa shape index (κ1) is 22.4. The van der Waals surface area contributed by atoms with Crippen LogP contribution in [0.2, 0.25) is 5.02 Å². The standard InChI is InChI=1S/C24H17Cl2N3O4/c1-13-18(25)6-3-7-19(13)29-23(32)20(26)21(24(29)33)27-15-10-8-14(9-11-15)22(31)28-16-4-2-5-17(30)12-16/h2-12,27,30H,1H3,(H,28,31). The Morgan fingerprint density at radius 3 is 2.30 bits per heavy atom. The number of aromatic hydroxyl groups is 1. The molecular formula is C24H17Cl2N3O4. The van der Waals surface area contributed by atoms with Crippen molar-refractivity contribution in [1.29, 1.82) is 0 Å². The summed E-state index contributed by atoms with van der Waals surface area (Å²) in [4.78, 5) is 39.1. The molecule has 4 rings (SSSR count). The number of hydrogen-bond acceptors (Lipinski definition) is 5. The molecule has 0 spiro atoms. The number of imide groups is 1. The Hall–Kier alpha value is -3.81. The van der Waals surface area contributed by atoms with Crippen molar-refractivity contribution < 1.29 is 19.5 Å². The molecule has 0 atom stereocenters. The van der Waals surface area contributed by atoms with Gasteiger partial charge in [-0.3, -0.25) is 14.4 Å². The summed E-state index contributed by atoms with van der Waals surface area (Å²) in [6.45, 7) is 1.71. The van der Waals surface area contributed by atoms with Gasteiger partial charge in [0, 0.05) is 28.0 Å². The van der Waals surface area contributed by atoms with E-state index in [2.05, 4.69) is 10.6 Å². The van der Waals surface area contributed by atoms with Gasteiger partial charge >= 0.3 is 0 Å². The van der Waals surface area contributed by atoms with Crippen LogP contribution < -0.4 is 15.5 Å². The van der Waals surface area contributed by atoms with Gasteiger partial charge in [0.25, 0.3) is 17.7 Å². The maximum atomic E-state index is 13.0. The maximum absolute atomic E-state index is 13.0. The molecular weight excluding hydrogens is 465 g/mol. The Morgan fingerprint density at radius 2 is 1.61 bits per heavy atom. The minimum atomic E-state index is -0.656. The fourth-order valence-electron chi connectivity index (χ4n) is 3.30. The van der Waals surface area contributed by atoms with Gasteiger partial charge in [0.1, 0.15) is 16.5 Å². The van der Waals surface area contributed by atoms with Crippen LogP contribution in [0.25, 0.3) is 0 Å². The van der Waals surface area contributed by atoms with Gasteiger partial charge in [0.2, 0.25) is 0 Å². The average molecular weight is 482 g/mol. The molecule has 3 N–H and O–H groups in total. The third-order valence-electron chi connectivity index (χ3n) is 5.03. The number of benzene rings is 3. The van der Waals surface area contributed by atoms with E-state index in [1.165, 1.54) is 12.1 Å². The van der Waals surface area contributed by atoms with Crippen LogP contribution in [0.3, 0.4) is 0 Å². The molecule has 0 saturated carbocycles. The summed E-state index contributed by atoms with van der Waals surface area (Å²) in [5.74, 6) is -1.60. The minimum Gasteiger partial charge on any atom is -0.508 e. The van der Waals surface area contributed by atoms with E-state index in [9.17, 15) is 19.5 Å². The normalized spacial score (nSPS) is 13.5. The van der Waals surface area contributed by atoms with Gasteiger partial charge < -0.3 is 15.7 Å². The molecule has 1 aliphatic rings. The third kappa shape index (κ3) is 4.41. The molecule has 0 unspecified atom stereocenters. The van der Waals surface area contributed by atoms with E-state index in [4.69, 9.17) is 23.2 Å². The number of rotatable bonds is 5. The van der Waals surface area contributed by atoms with E-state index in [-0.39, 0.29) is 22.4 Å². The highest BCUT2D eigenvalue weighted by atomic mass is 35.5. The van der Waals surface area contributed by atoms with Gasteiger partial charge in [-0.25, -0.2) is 4.90 Å². The molecule has 3 aromatic carbocycles. The summed E-state index contributed by atoms with van der Waals surface area (Å²) < 4.78 is 0. The molecule has 7 nitrogen and oxygen atoms in total. The smallest absolute Gasteiger partial charge is 0.283 e. The summed E-state index contributed by atoms with van der Waals surface area (Å²) in [5.41, 5.74) is 2.13. The molecule has 0 fully saturated rings.